The van der Waals surface area contributed by atoms with Crippen molar-refractivity contribution >= 4 is 29.8 Å². The Balaban J connectivity index is 2.37. The van der Waals surface area contributed by atoms with Gasteiger partial charge < -0.3 is 29.0 Å². The molecule has 33 heavy (non-hydrogen) atoms. The summed E-state index contributed by atoms with van der Waals surface area (Å²) in [6.07, 6.45) is 0.393. The van der Waals surface area contributed by atoms with E-state index < -0.39 is 54.5 Å². The molecule has 2 fully saturated rings. The topological polar surface area (TPSA) is 144 Å². The van der Waals surface area contributed by atoms with E-state index in [0.29, 0.717) is 12.8 Å². The maximum Gasteiger partial charge on any atom is 0.305 e. The minimum Gasteiger partial charge on any atom is -0.463 e. The molecule has 0 aromatic carbocycles. The Kier molecular flexibility index (Phi) is 10.1. The van der Waals surface area contributed by atoms with Gasteiger partial charge in [-0.2, -0.15) is 0 Å². The third kappa shape index (κ3) is 8.30. The first-order valence-corrected chi connectivity index (χ1v) is 11.2. The zero-order chi connectivity index (χ0) is 24.5. The fourth-order valence-electron chi connectivity index (χ4n) is 4.14. The van der Waals surface area contributed by atoms with E-state index in [0.717, 1.165) is 46.5 Å². The summed E-state index contributed by atoms with van der Waals surface area (Å²) in [6, 6.07) is -1.15. The van der Waals surface area contributed by atoms with Gasteiger partial charge in [0.2, 0.25) is 12.2 Å². The highest BCUT2D eigenvalue weighted by atomic mass is 16.7. The van der Waals surface area contributed by atoms with E-state index in [1.54, 1.807) is 0 Å². The first-order chi connectivity index (χ1) is 15.6. The van der Waals surface area contributed by atoms with Crippen LogP contribution in [-0.2, 0) is 47.7 Å². The Morgan fingerprint density at radius 3 is 1.82 bits per heavy atom. The Labute approximate surface area is 192 Å². The highest BCUT2D eigenvalue weighted by Crippen LogP contribution is 2.29. The van der Waals surface area contributed by atoms with Crippen LogP contribution in [0, 0.1) is 5.92 Å². The van der Waals surface area contributed by atoms with Crippen molar-refractivity contribution in [2.24, 2.45) is 5.92 Å². The van der Waals surface area contributed by atoms with Crippen molar-refractivity contribution in [2.75, 3.05) is 6.61 Å². The fourth-order valence-corrected chi connectivity index (χ4v) is 4.14. The predicted molar refractivity (Wildman–Crippen MR) is 111 cm³/mol. The van der Waals surface area contributed by atoms with Gasteiger partial charge in [-0.05, 0) is 12.8 Å². The van der Waals surface area contributed by atoms with Crippen LogP contribution in [0.15, 0.2) is 0 Å². The van der Waals surface area contributed by atoms with Gasteiger partial charge in [-0.3, -0.25) is 24.0 Å². The molecule has 1 aliphatic carbocycles. The molecule has 0 aromatic heterocycles. The Morgan fingerprint density at radius 1 is 0.758 bits per heavy atom. The normalized spacial score (nSPS) is 28.1. The summed E-state index contributed by atoms with van der Waals surface area (Å²) < 4.78 is 26.9. The van der Waals surface area contributed by atoms with Crippen LogP contribution in [0.1, 0.15) is 66.2 Å². The van der Waals surface area contributed by atoms with Crippen LogP contribution < -0.4 is 5.32 Å². The van der Waals surface area contributed by atoms with Gasteiger partial charge in [-0.15, -0.1) is 0 Å². The van der Waals surface area contributed by atoms with Crippen molar-refractivity contribution in [1.82, 2.24) is 5.32 Å². The molecule has 0 bridgehead atoms. The lowest BCUT2D eigenvalue weighted by Gasteiger charge is -2.44. The van der Waals surface area contributed by atoms with Gasteiger partial charge in [0, 0.05) is 33.6 Å². The van der Waals surface area contributed by atoms with Gasteiger partial charge in [0.05, 0.1) is 0 Å². The number of rotatable bonds is 7. The fraction of sp³-hybridized carbons (Fsp3) is 0.773. The molecule has 1 unspecified atom stereocenters. The van der Waals surface area contributed by atoms with E-state index in [4.69, 9.17) is 23.7 Å². The number of esters is 4. The van der Waals surface area contributed by atoms with Crippen LogP contribution in [0.25, 0.3) is 0 Å². The van der Waals surface area contributed by atoms with E-state index >= 15 is 0 Å². The van der Waals surface area contributed by atoms with Crippen molar-refractivity contribution in [3.63, 3.8) is 0 Å². The third-order valence-corrected chi connectivity index (χ3v) is 5.52. The van der Waals surface area contributed by atoms with Gasteiger partial charge in [-0.25, -0.2) is 0 Å². The SMILES string of the molecule is CC(=O)OC[C@H]1OC(OC(C)=O)[C@@H](NC(=O)C2CCCCCC2)[C@@H](OC(C)=O)[C@@H]1OC(C)=O. The summed E-state index contributed by atoms with van der Waals surface area (Å²) in [6.45, 7) is 4.31. The molecule has 1 saturated heterocycles. The molecule has 186 valence electrons. The number of hydrogen-bond donors (Lipinski definition) is 1. The molecule has 2 rings (SSSR count). The smallest absolute Gasteiger partial charge is 0.305 e. The first kappa shape index (κ1) is 26.6. The van der Waals surface area contributed by atoms with E-state index in [2.05, 4.69) is 5.32 Å². The van der Waals surface area contributed by atoms with Crippen molar-refractivity contribution < 1.29 is 47.7 Å². The molecule has 2 aliphatic rings. The maximum atomic E-state index is 13.1. The Hall–Kier alpha value is -2.69. The highest BCUT2D eigenvalue weighted by molar-refractivity contribution is 5.79. The molecule has 0 radical (unpaired) electrons. The number of ether oxygens (including phenoxy) is 5. The standard InChI is InChI=1S/C22H33NO10/c1-12(24)29-11-17-19(30-13(2)25)20(31-14(3)26)18(22(33-17)32-15(4)27)23-21(28)16-9-7-5-6-8-10-16/h16-20,22H,5-11H2,1-4H3,(H,23,28)/t17-,18+,19-,20-,22?/m1/s1. The lowest BCUT2D eigenvalue weighted by atomic mass is 9.94. The van der Waals surface area contributed by atoms with Crippen LogP contribution in [0.3, 0.4) is 0 Å². The molecule has 0 spiro atoms. The van der Waals surface area contributed by atoms with E-state index in [-0.39, 0.29) is 18.4 Å². The van der Waals surface area contributed by atoms with Gasteiger partial charge >= 0.3 is 23.9 Å². The summed E-state index contributed by atoms with van der Waals surface area (Å²) in [5.41, 5.74) is 0. The number of amides is 1. The lowest BCUT2D eigenvalue weighted by Crippen LogP contribution is -2.67. The second-order valence-electron chi connectivity index (χ2n) is 8.33. The number of carbonyl (C=O) groups is 5. The first-order valence-electron chi connectivity index (χ1n) is 11.2. The number of hydrogen-bond acceptors (Lipinski definition) is 10. The van der Waals surface area contributed by atoms with Crippen LogP contribution >= 0.6 is 0 Å². The molecule has 1 N–H and O–H groups in total. The molecule has 1 amide bonds. The molecular weight excluding hydrogens is 438 g/mol. The van der Waals surface area contributed by atoms with Gasteiger partial charge in [0.25, 0.3) is 0 Å². The maximum absolute atomic E-state index is 13.1. The number of carbonyl (C=O) groups excluding carboxylic acids is 5. The molecule has 11 nitrogen and oxygen atoms in total. The Bertz CT molecular complexity index is 731. The van der Waals surface area contributed by atoms with Crippen molar-refractivity contribution in [2.45, 2.75) is 96.9 Å². The second-order valence-corrected chi connectivity index (χ2v) is 8.33. The van der Waals surface area contributed by atoms with Crippen LogP contribution in [0.5, 0.6) is 0 Å². The van der Waals surface area contributed by atoms with E-state index in [1.165, 1.54) is 6.92 Å². The van der Waals surface area contributed by atoms with Crippen LogP contribution in [-0.4, -0.2) is 67.0 Å². The molecule has 1 aliphatic heterocycles. The molecule has 1 saturated carbocycles. The van der Waals surface area contributed by atoms with Gasteiger partial charge in [0.1, 0.15) is 18.8 Å². The van der Waals surface area contributed by atoms with Crippen molar-refractivity contribution in [3.05, 3.63) is 0 Å². The van der Waals surface area contributed by atoms with E-state index in [1.807, 2.05) is 0 Å². The predicted octanol–water partition coefficient (Wildman–Crippen LogP) is 1.16. The molecule has 11 heteroatoms. The third-order valence-electron chi connectivity index (χ3n) is 5.52. The van der Waals surface area contributed by atoms with Crippen LogP contribution in [0.4, 0.5) is 0 Å². The molecule has 5 atom stereocenters. The zero-order valence-corrected chi connectivity index (χ0v) is 19.5. The highest BCUT2D eigenvalue weighted by Gasteiger charge is 2.52. The Morgan fingerprint density at radius 2 is 1.30 bits per heavy atom. The molecule has 0 aromatic rings. The van der Waals surface area contributed by atoms with Crippen LogP contribution in [0.2, 0.25) is 0 Å². The zero-order valence-electron chi connectivity index (χ0n) is 19.5. The van der Waals surface area contributed by atoms with E-state index in [9.17, 15) is 24.0 Å². The van der Waals surface area contributed by atoms with Gasteiger partial charge in [0.15, 0.2) is 12.2 Å². The summed E-state index contributed by atoms with van der Waals surface area (Å²) >= 11 is 0. The summed E-state index contributed by atoms with van der Waals surface area (Å²) in [7, 11) is 0. The molecular formula is C22H33NO10. The van der Waals surface area contributed by atoms with Gasteiger partial charge in [-0.1, -0.05) is 25.7 Å². The largest absolute Gasteiger partial charge is 0.463 e. The average Bonchev–Trinajstić information content (AvgIpc) is 2.99. The quantitative estimate of drug-likeness (QED) is 0.326. The minimum absolute atomic E-state index is 0.255. The second kappa shape index (κ2) is 12.5. The summed E-state index contributed by atoms with van der Waals surface area (Å²) in [5, 5.41) is 2.80. The summed E-state index contributed by atoms with van der Waals surface area (Å²) in [5.74, 6) is -3.27. The summed E-state index contributed by atoms with van der Waals surface area (Å²) in [4.78, 5) is 59.9. The lowest BCUT2D eigenvalue weighted by molar-refractivity contribution is -0.271. The average molecular weight is 472 g/mol. The number of nitrogens with one attached hydrogen (secondary N) is 1. The monoisotopic (exact) mass is 471 g/mol. The van der Waals surface area contributed by atoms with Crippen molar-refractivity contribution in [3.8, 4) is 0 Å². The van der Waals surface area contributed by atoms with Crippen molar-refractivity contribution in [1.29, 1.82) is 0 Å². The minimum atomic E-state index is -1.37. The molecule has 1 heterocycles.